The molecule has 27 heavy (non-hydrogen) atoms. The standard InChI is InChI=1S/C16H27N5O5S/c1-19(2)7-6-18-27(24,25)14-3-4-15(16(13-14)21(22)23)17-5-8-20-9-11-26-12-10-20/h3-4,13,17-18H,5-12H2,1-2H3. The SMILES string of the molecule is CN(C)CCNS(=O)(=O)c1ccc(NCCN2CCOCC2)c([N+](=O)[O-])c1. The lowest BCUT2D eigenvalue weighted by atomic mass is 10.2. The minimum absolute atomic E-state index is 0.119. The second kappa shape index (κ2) is 9.95. The predicted molar refractivity (Wildman–Crippen MR) is 103 cm³/mol. The Morgan fingerprint density at radius 2 is 1.96 bits per heavy atom. The number of hydrogen-bond acceptors (Lipinski definition) is 8. The highest BCUT2D eigenvalue weighted by atomic mass is 32.2. The molecule has 152 valence electrons. The summed E-state index contributed by atoms with van der Waals surface area (Å²) >= 11 is 0. The van der Waals surface area contributed by atoms with E-state index in [4.69, 9.17) is 4.74 Å². The first-order valence-corrected chi connectivity index (χ1v) is 10.2. The van der Waals surface area contributed by atoms with Gasteiger partial charge in [-0.25, -0.2) is 13.1 Å². The van der Waals surface area contributed by atoms with Gasteiger partial charge in [0.25, 0.3) is 5.69 Å². The van der Waals surface area contributed by atoms with Crippen molar-refractivity contribution < 1.29 is 18.1 Å². The molecule has 1 saturated heterocycles. The van der Waals surface area contributed by atoms with Crippen LogP contribution in [0.1, 0.15) is 0 Å². The highest BCUT2D eigenvalue weighted by molar-refractivity contribution is 7.89. The zero-order valence-electron chi connectivity index (χ0n) is 15.7. The van der Waals surface area contributed by atoms with E-state index >= 15 is 0 Å². The molecule has 0 atom stereocenters. The molecular weight excluding hydrogens is 374 g/mol. The average Bonchev–Trinajstić information content (AvgIpc) is 2.62. The lowest BCUT2D eigenvalue weighted by molar-refractivity contribution is -0.384. The summed E-state index contributed by atoms with van der Waals surface area (Å²) in [7, 11) is -0.138. The molecule has 1 aromatic carbocycles. The van der Waals surface area contributed by atoms with Crippen molar-refractivity contribution in [1.82, 2.24) is 14.5 Å². The molecule has 2 rings (SSSR count). The van der Waals surface area contributed by atoms with Crippen molar-refractivity contribution in [2.75, 3.05) is 71.9 Å². The van der Waals surface area contributed by atoms with E-state index in [1.54, 1.807) is 0 Å². The van der Waals surface area contributed by atoms with E-state index in [2.05, 4.69) is 14.9 Å². The Kier molecular flexibility index (Phi) is 7.92. The quantitative estimate of drug-likeness (QED) is 0.421. The fourth-order valence-corrected chi connectivity index (χ4v) is 3.68. The Hall–Kier alpha value is -1.79. The van der Waals surface area contributed by atoms with Gasteiger partial charge in [0.15, 0.2) is 0 Å². The van der Waals surface area contributed by atoms with Gasteiger partial charge in [-0.3, -0.25) is 15.0 Å². The summed E-state index contributed by atoms with van der Waals surface area (Å²) < 4.78 is 32.4. The van der Waals surface area contributed by atoms with Gasteiger partial charge in [-0.15, -0.1) is 0 Å². The van der Waals surface area contributed by atoms with Gasteiger partial charge in [0.05, 0.1) is 23.0 Å². The Labute approximate surface area is 159 Å². The third-order valence-electron chi connectivity index (χ3n) is 4.17. The smallest absolute Gasteiger partial charge is 0.293 e. The van der Waals surface area contributed by atoms with Crippen LogP contribution in [-0.4, -0.2) is 89.7 Å². The van der Waals surface area contributed by atoms with Gasteiger partial charge in [-0.05, 0) is 26.2 Å². The first kappa shape index (κ1) is 21.5. The Bertz CT molecular complexity index is 735. The van der Waals surface area contributed by atoms with Gasteiger partial charge < -0.3 is 15.0 Å². The van der Waals surface area contributed by atoms with Crippen LogP contribution in [0.15, 0.2) is 23.1 Å². The second-order valence-electron chi connectivity index (χ2n) is 6.52. The van der Waals surface area contributed by atoms with Crippen molar-refractivity contribution in [2.24, 2.45) is 0 Å². The van der Waals surface area contributed by atoms with Gasteiger partial charge in [-0.2, -0.15) is 0 Å². The monoisotopic (exact) mass is 401 g/mol. The third-order valence-corrected chi connectivity index (χ3v) is 5.63. The van der Waals surface area contributed by atoms with Gasteiger partial charge in [0.1, 0.15) is 5.69 Å². The van der Waals surface area contributed by atoms with Crippen LogP contribution >= 0.6 is 0 Å². The zero-order chi connectivity index (χ0) is 19.9. The Balaban J connectivity index is 2.03. The van der Waals surface area contributed by atoms with Crippen molar-refractivity contribution in [3.8, 4) is 0 Å². The first-order valence-electron chi connectivity index (χ1n) is 8.76. The van der Waals surface area contributed by atoms with E-state index in [1.165, 1.54) is 12.1 Å². The largest absolute Gasteiger partial charge is 0.379 e. The molecule has 1 aromatic rings. The van der Waals surface area contributed by atoms with Crippen molar-refractivity contribution in [2.45, 2.75) is 4.90 Å². The molecule has 10 nitrogen and oxygen atoms in total. The summed E-state index contributed by atoms with van der Waals surface area (Å²) in [4.78, 5) is 14.7. The van der Waals surface area contributed by atoms with Gasteiger partial charge in [0, 0.05) is 45.3 Å². The maximum Gasteiger partial charge on any atom is 0.293 e. The lowest BCUT2D eigenvalue weighted by Crippen LogP contribution is -2.39. The topological polar surface area (TPSA) is 117 Å². The van der Waals surface area contributed by atoms with E-state index < -0.39 is 14.9 Å². The van der Waals surface area contributed by atoms with Crippen LogP contribution in [0.3, 0.4) is 0 Å². The second-order valence-corrected chi connectivity index (χ2v) is 8.28. The minimum atomic E-state index is -3.80. The number of ether oxygens (including phenoxy) is 1. The van der Waals surface area contributed by atoms with E-state index in [0.717, 1.165) is 25.7 Å². The van der Waals surface area contributed by atoms with E-state index in [9.17, 15) is 18.5 Å². The molecule has 0 radical (unpaired) electrons. The van der Waals surface area contributed by atoms with Crippen LogP contribution in [0.5, 0.6) is 0 Å². The molecule has 1 aliphatic rings. The molecule has 0 amide bonds. The third kappa shape index (κ3) is 6.70. The van der Waals surface area contributed by atoms with E-state index in [0.29, 0.717) is 32.0 Å². The number of nitro groups is 1. The molecule has 0 saturated carbocycles. The molecule has 1 aliphatic heterocycles. The van der Waals surface area contributed by atoms with Crippen LogP contribution in [-0.2, 0) is 14.8 Å². The number of nitrogens with zero attached hydrogens (tertiary/aromatic N) is 3. The van der Waals surface area contributed by atoms with Crippen LogP contribution in [0, 0.1) is 10.1 Å². The number of likely N-dealkylation sites (N-methyl/N-ethyl adjacent to an activating group) is 1. The van der Waals surface area contributed by atoms with Crippen molar-refractivity contribution >= 4 is 21.4 Å². The van der Waals surface area contributed by atoms with Crippen LogP contribution in [0.2, 0.25) is 0 Å². The molecular formula is C16H27N5O5S. The summed E-state index contributed by atoms with van der Waals surface area (Å²) in [5.74, 6) is 0. The number of nitro benzene ring substituents is 1. The van der Waals surface area contributed by atoms with E-state index in [-0.39, 0.29) is 17.1 Å². The Morgan fingerprint density at radius 3 is 2.59 bits per heavy atom. The number of benzene rings is 1. The Morgan fingerprint density at radius 1 is 1.26 bits per heavy atom. The van der Waals surface area contributed by atoms with E-state index in [1.807, 2.05) is 19.0 Å². The fourth-order valence-electron chi connectivity index (χ4n) is 2.64. The molecule has 2 N–H and O–H groups in total. The first-order chi connectivity index (χ1) is 12.8. The average molecular weight is 401 g/mol. The number of anilines is 1. The van der Waals surface area contributed by atoms with Crippen LogP contribution in [0.4, 0.5) is 11.4 Å². The summed E-state index contributed by atoms with van der Waals surface area (Å²) in [5.41, 5.74) is 0.0490. The minimum Gasteiger partial charge on any atom is -0.379 e. The summed E-state index contributed by atoms with van der Waals surface area (Å²) in [6.07, 6.45) is 0. The number of rotatable bonds is 10. The van der Waals surface area contributed by atoms with Crippen molar-refractivity contribution in [1.29, 1.82) is 0 Å². The van der Waals surface area contributed by atoms with Gasteiger partial charge in [-0.1, -0.05) is 0 Å². The highest BCUT2D eigenvalue weighted by Crippen LogP contribution is 2.27. The maximum atomic E-state index is 12.3. The number of morpholine rings is 1. The number of sulfonamides is 1. The molecule has 0 bridgehead atoms. The molecule has 1 fully saturated rings. The number of hydrogen-bond donors (Lipinski definition) is 2. The predicted octanol–water partition coefficient (Wildman–Crippen LogP) is 0.179. The summed E-state index contributed by atoms with van der Waals surface area (Å²) in [5, 5.41) is 14.4. The molecule has 0 spiro atoms. The number of nitrogens with one attached hydrogen (secondary N) is 2. The normalized spacial score (nSPS) is 15.8. The zero-order valence-corrected chi connectivity index (χ0v) is 16.5. The van der Waals surface area contributed by atoms with Gasteiger partial charge in [0.2, 0.25) is 10.0 Å². The van der Waals surface area contributed by atoms with Gasteiger partial charge >= 0.3 is 0 Å². The van der Waals surface area contributed by atoms with Crippen molar-refractivity contribution in [3.63, 3.8) is 0 Å². The summed E-state index contributed by atoms with van der Waals surface area (Å²) in [6, 6.07) is 3.91. The highest BCUT2D eigenvalue weighted by Gasteiger charge is 2.21. The van der Waals surface area contributed by atoms with Crippen LogP contribution in [0.25, 0.3) is 0 Å². The molecule has 0 aliphatic carbocycles. The summed E-state index contributed by atoms with van der Waals surface area (Å²) in [6.45, 7) is 5.05. The van der Waals surface area contributed by atoms with Crippen LogP contribution < -0.4 is 10.0 Å². The molecule has 0 unspecified atom stereocenters. The fraction of sp³-hybridized carbons (Fsp3) is 0.625. The maximum absolute atomic E-state index is 12.3. The van der Waals surface area contributed by atoms with Crippen molar-refractivity contribution in [3.05, 3.63) is 28.3 Å². The molecule has 1 heterocycles. The lowest BCUT2D eigenvalue weighted by Gasteiger charge is -2.26. The molecule has 0 aromatic heterocycles. The molecule has 11 heteroatoms.